The number of imide groups is 1. The van der Waals surface area contributed by atoms with Gasteiger partial charge in [-0.1, -0.05) is 0 Å². The van der Waals surface area contributed by atoms with Gasteiger partial charge in [-0.15, -0.1) is 0 Å². The third-order valence-electron chi connectivity index (χ3n) is 6.12. The number of guanidine groups is 1. The van der Waals surface area contributed by atoms with E-state index >= 15 is 0 Å². The van der Waals surface area contributed by atoms with E-state index in [9.17, 15) is 9.59 Å². The van der Waals surface area contributed by atoms with E-state index in [0.29, 0.717) is 6.04 Å². The van der Waals surface area contributed by atoms with Crippen molar-refractivity contribution in [1.29, 1.82) is 0 Å². The van der Waals surface area contributed by atoms with Crippen LogP contribution in [0.15, 0.2) is 4.99 Å². The molecule has 152 valence electrons. The molecule has 3 aliphatic heterocycles. The van der Waals surface area contributed by atoms with Gasteiger partial charge in [0.25, 0.3) is 5.91 Å². The number of likely N-dealkylation sites (tertiary alicyclic amines) is 1. The van der Waals surface area contributed by atoms with Crippen molar-refractivity contribution in [2.24, 2.45) is 10.9 Å². The van der Waals surface area contributed by atoms with Crippen molar-refractivity contribution in [2.45, 2.75) is 38.3 Å². The lowest BCUT2D eigenvalue weighted by Crippen LogP contribution is -2.56. The zero-order valence-corrected chi connectivity index (χ0v) is 16.6. The molecule has 0 aromatic carbocycles. The molecule has 0 bridgehead atoms. The Bertz CT molecular complexity index is 584. The fraction of sp³-hybridized carbons (Fsp3) is 0.833. The summed E-state index contributed by atoms with van der Waals surface area (Å²) in [5, 5.41) is 8.66. The van der Waals surface area contributed by atoms with Gasteiger partial charge < -0.3 is 20.3 Å². The Hall–Kier alpha value is -1.87. The fourth-order valence-corrected chi connectivity index (χ4v) is 4.23. The van der Waals surface area contributed by atoms with Crippen LogP contribution in [-0.4, -0.2) is 92.3 Å². The third kappa shape index (κ3) is 4.35. The number of aliphatic imine (C=N–C) groups is 1. The van der Waals surface area contributed by atoms with Gasteiger partial charge in [0.2, 0.25) is 0 Å². The minimum absolute atomic E-state index is 0.130. The maximum absolute atomic E-state index is 12.1. The molecule has 0 saturated carbocycles. The highest BCUT2D eigenvalue weighted by Crippen LogP contribution is 2.30. The molecule has 3 N–H and O–H groups in total. The number of urea groups is 1. The molecule has 0 aromatic rings. The third-order valence-corrected chi connectivity index (χ3v) is 6.12. The van der Waals surface area contributed by atoms with Crippen LogP contribution in [0.3, 0.4) is 0 Å². The molecule has 0 aromatic heterocycles. The number of morpholine rings is 1. The first kappa shape index (κ1) is 19.9. The van der Waals surface area contributed by atoms with Crippen LogP contribution in [0.25, 0.3) is 0 Å². The molecular formula is C18H32N6O3. The molecule has 3 fully saturated rings. The zero-order chi connectivity index (χ0) is 19.4. The molecule has 0 aliphatic carbocycles. The van der Waals surface area contributed by atoms with Crippen molar-refractivity contribution < 1.29 is 14.3 Å². The van der Waals surface area contributed by atoms with Crippen LogP contribution >= 0.6 is 0 Å². The maximum atomic E-state index is 12.1. The predicted octanol–water partition coefficient (Wildman–Crippen LogP) is -0.407. The summed E-state index contributed by atoms with van der Waals surface area (Å²) < 4.78 is 5.42. The highest BCUT2D eigenvalue weighted by molar-refractivity contribution is 6.07. The van der Waals surface area contributed by atoms with Gasteiger partial charge in [-0.3, -0.25) is 20.0 Å². The summed E-state index contributed by atoms with van der Waals surface area (Å²) in [5.74, 6) is 0.817. The quantitative estimate of drug-likeness (QED) is 0.349. The van der Waals surface area contributed by atoms with Crippen LogP contribution in [0.4, 0.5) is 4.79 Å². The molecular weight excluding hydrogens is 348 g/mol. The van der Waals surface area contributed by atoms with Crippen molar-refractivity contribution >= 4 is 17.9 Å². The van der Waals surface area contributed by atoms with Gasteiger partial charge in [0.05, 0.1) is 13.2 Å². The second kappa shape index (κ2) is 8.43. The first-order valence-corrected chi connectivity index (χ1v) is 9.85. The molecule has 2 atom stereocenters. The summed E-state index contributed by atoms with van der Waals surface area (Å²) in [6.45, 7) is 10.1. The normalized spacial score (nSPS) is 29.4. The largest absolute Gasteiger partial charge is 0.379 e. The van der Waals surface area contributed by atoms with E-state index in [0.717, 1.165) is 64.7 Å². The summed E-state index contributed by atoms with van der Waals surface area (Å²) >= 11 is 0. The Kier molecular flexibility index (Phi) is 6.21. The minimum Gasteiger partial charge on any atom is -0.379 e. The SMILES string of the molecule is CN=C(NCC(C)N1CCOCC1)N1CCC(C2(C)NC(=O)NC2=O)CC1. The van der Waals surface area contributed by atoms with E-state index in [2.05, 4.69) is 37.7 Å². The first-order chi connectivity index (χ1) is 12.9. The van der Waals surface area contributed by atoms with E-state index in [1.54, 1.807) is 7.05 Å². The lowest BCUT2D eigenvalue weighted by atomic mass is 9.79. The van der Waals surface area contributed by atoms with Crippen molar-refractivity contribution in [3.8, 4) is 0 Å². The molecule has 3 aliphatic rings. The summed E-state index contributed by atoms with van der Waals surface area (Å²) in [7, 11) is 1.81. The van der Waals surface area contributed by atoms with Crippen molar-refractivity contribution in [2.75, 3.05) is 53.0 Å². The average molecular weight is 380 g/mol. The Morgan fingerprint density at radius 1 is 1.30 bits per heavy atom. The number of nitrogens with one attached hydrogen (secondary N) is 3. The Balaban J connectivity index is 1.48. The van der Waals surface area contributed by atoms with E-state index < -0.39 is 5.54 Å². The van der Waals surface area contributed by atoms with Crippen molar-refractivity contribution in [3.05, 3.63) is 0 Å². The molecule has 3 heterocycles. The van der Waals surface area contributed by atoms with Crippen LogP contribution in [0.1, 0.15) is 26.7 Å². The fourth-order valence-electron chi connectivity index (χ4n) is 4.23. The summed E-state index contributed by atoms with van der Waals surface area (Å²) in [6, 6.07) is 0.0269. The van der Waals surface area contributed by atoms with Gasteiger partial charge in [0.15, 0.2) is 5.96 Å². The molecule has 3 saturated heterocycles. The van der Waals surface area contributed by atoms with Crippen LogP contribution in [-0.2, 0) is 9.53 Å². The highest BCUT2D eigenvalue weighted by Gasteiger charge is 2.48. The average Bonchev–Trinajstić information content (AvgIpc) is 2.96. The maximum Gasteiger partial charge on any atom is 0.322 e. The number of amides is 3. The standard InChI is InChI=1S/C18H32N6O3/c1-13(23-8-10-27-11-9-23)12-20-16(19-3)24-6-4-14(5-7-24)18(2)15(25)21-17(26)22-18/h13-14H,4-12H2,1-3H3,(H,19,20)(H2,21,22,25,26). The Labute approximate surface area is 160 Å². The number of piperidine rings is 1. The van der Waals surface area contributed by atoms with Crippen LogP contribution in [0, 0.1) is 5.92 Å². The number of carbonyl (C=O) groups excluding carboxylic acids is 2. The van der Waals surface area contributed by atoms with Crippen molar-refractivity contribution in [1.82, 2.24) is 25.8 Å². The number of carbonyl (C=O) groups is 2. The number of nitrogens with zero attached hydrogens (tertiary/aromatic N) is 3. The Morgan fingerprint density at radius 3 is 2.52 bits per heavy atom. The van der Waals surface area contributed by atoms with Crippen LogP contribution in [0.2, 0.25) is 0 Å². The molecule has 0 radical (unpaired) electrons. The van der Waals surface area contributed by atoms with Gasteiger partial charge >= 0.3 is 6.03 Å². The smallest absolute Gasteiger partial charge is 0.322 e. The van der Waals surface area contributed by atoms with Crippen LogP contribution in [0.5, 0.6) is 0 Å². The van der Waals surface area contributed by atoms with E-state index in [1.807, 2.05) is 6.92 Å². The van der Waals surface area contributed by atoms with Crippen LogP contribution < -0.4 is 16.0 Å². The summed E-state index contributed by atoms with van der Waals surface area (Å²) in [5.41, 5.74) is -0.801. The van der Waals surface area contributed by atoms with Crippen molar-refractivity contribution in [3.63, 3.8) is 0 Å². The highest BCUT2D eigenvalue weighted by atomic mass is 16.5. The Morgan fingerprint density at radius 2 is 1.96 bits per heavy atom. The molecule has 2 unspecified atom stereocenters. The number of rotatable bonds is 4. The summed E-state index contributed by atoms with van der Waals surface area (Å²) in [4.78, 5) is 32.8. The van der Waals surface area contributed by atoms with E-state index in [1.165, 1.54) is 0 Å². The topological polar surface area (TPSA) is 98.3 Å². The predicted molar refractivity (Wildman–Crippen MR) is 103 cm³/mol. The molecule has 9 heteroatoms. The molecule has 27 heavy (non-hydrogen) atoms. The summed E-state index contributed by atoms with van der Waals surface area (Å²) in [6.07, 6.45) is 1.67. The number of hydrogen-bond acceptors (Lipinski definition) is 5. The molecule has 3 rings (SSSR count). The number of ether oxygens (including phenoxy) is 1. The van der Waals surface area contributed by atoms with Gasteiger partial charge in [-0.25, -0.2) is 4.79 Å². The first-order valence-electron chi connectivity index (χ1n) is 9.85. The second-order valence-corrected chi connectivity index (χ2v) is 7.80. The second-order valence-electron chi connectivity index (χ2n) is 7.80. The minimum atomic E-state index is -0.801. The van der Waals surface area contributed by atoms with Gasteiger partial charge in [0, 0.05) is 45.8 Å². The molecule has 9 nitrogen and oxygen atoms in total. The molecule has 0 spiro atoms. The lowest BCUT2D eigenvalue weighted by Gasteiger charge is -2.40. The monoisotopic (exact) mass is 380 g/mol. The number of hydrogen-bond donors (Lipinski definition) is 3. The molecule has 3 amide bonds. The van der Waals surface area contributed by atoms with E-state index in [-0.39, 0.29) is 17.9 Å². The van der Waals surface area contributed by atoms with Gasteiger partial charge in [-0.2, -0.15) is 0 Å². The van der Waals surface area contributed by atoms with Gasteiger partial charge in [-0.05, 0) is 32.6 Å². The lowest BCUT2D eigenvalue weighted by molar-refractivity contribution is -0.125. The van der Waals surface area contributed by atoms with E-state index in [4.69, 9.17) is 4.74 Å². The van der Waals surface area contributed by atoms with Gasteiger partial charge in [0.1, 0.15) is 5.54 Å². The zero-order valence-electron chi connectivity index (χ0n) is 16.6.